The minimum Gasteiger partial charge on any atom is -0.494 e. The predicted molar refractivity (Wildman–Crippen MR) is 164 cm³/mol. The molecule has 3 aromatic heterocycles. The molecule has 1 unspecified atom stereocenters. The zero-order chi connectivity index (χ0) is 30.8. The Morgan fingerprint density at radius 2 is 1.86 bits per heavy atom. The zero-order valence-electron chi connectivity index (χ0n) is 24.0. The average molecular weight is 619 g/mol. The Balaban J connectivity index is 1.28. The molecule has 0 saturated carbocycles. The summed E-state index contributed by atoms with van der Waals surface area (Å²) in [5, 5.41) is 10.8. The maximum atomic E-state index is 14.9. The third-order valence-electron chi connectivity index (χ3n) is 7.32. The van der Waals surface area contributed by atoms with Crippen molar-refractivity contribution in [3.8, 4) is 23.0 Å². The summed E-state index contributed by atoms with van der Waals surface area (Å²) in [7, 11) is 4.88. The summed E-state index contributed by atoms with van der Waals surface area (Å²) < 4.78 is 33.6. The lowest BCUT2D eigenvalue weighted by Crippen LogP contribution is -2.24. The number of anilines is 3. The van der Waals surface area contributed by atoms with Crippen LogP contribution in [-0.2, 0) is 4.79 Å². The molecular formula is C30H28ClFN8O4. The standard InChI is InChI=1S/C30H28ClFN8O4/c1-39-7-4-5-17(39)9-21(32)30(41)38-23-11-19-22(13-26(23)42-2)33-15-35-29(19)37-24-12-20(31)25(14-27(24)43-3)44-18-6-8-40-28(10-18)34-16-36-40/h6,8-17H,4-5,7H2,1-3H3,(H,38,41)(H,33,35,37). The quantitative estimate of drug-likeness (QED) is 0.197. The number of carbonyl (C=O) groups is 1. The van der Waals surface area contributed by atoms with Gasteiger partial charge in [0.15, 0.2) is 11.5 Å². The van der Waals surface area contributed by atoms with Gasteiger partial charge in [0.2, 0.25) is 0 Å². The number of likely N-dealkylation sites (N-methyl/N-ethyl adjacent to an activating group) is 1. The normalized spacial score (nSPS) is 15.5. The Morgan fingerprint density at radius 1 is 1.05 bits per heavy atom. The van der Waals surface area contributed by atoms with E-state index in [1.165, 1.54) is 33.0 Å². The molecule has 0 spiro atoms. The summed E-state index contributed by atoms with van der Waals surface area (Å²) >= 11 is 6.62. The fourth-order valence-electron chi connectivity index (χ4n) is 5.02. The fraction of sp³-hybridized carbons (Fsp3) is 0.233. The van der Waals surface area contributed by atoms with Crippen LogP contribution in [0.2, 0.25) is 5.02 Å². The van der Waals surface area contributed by atoms with Crippen LogP contribution < -0.4 is 24.8 Å². The summed E-state index contributed by atoms with van der Waals surface area (Å²) in [6.07, 6.45) is 7.65. The third kappa shape index (κ3) is 5.92. The number of halogens is 2. The molecular weight excluding hydrogens is 591 g/mol. The molecule has 1 aliphatic heterocycles. The molecule has 0 bridgehead atoms. The van der Waals surface area contributed by atoms with Crippen LogP contribution in [0.4, 0.5) is 21.6 Å². The van der Waals surface area contributed by atoms with Crippen molar-refractivity contribution in [1.82, 2.24) is 29.5 Å². The average Bonchev–Trinajstić information content (AvgIpc) is 3.66. The Kier molecular flexibility index (Phi) is 8.13. The van der Waals surface area contributed by atoms with Crippen LogP contribution in [0.1, 0.15) is 12.8 Å². The number of benzene rings is 2. The Labute approximate surface area is 256 Å². The minimum atomic E-state index is -0.874. The number of methoxy groups -OCH3 is 2. The SMILES string of the molecule is COc1cc2ncnc(Nc3cc(Cl)c(Oc4ccn5ncnc5c4)cc3OC)c2cc1NC(=O)C(F)=CC1CCCN1C. The number of fused-ring (bicyclic) bond motifs is 2. The number of ether oxygens (including phenoxy) is 3. The number of likely N-dealkylation sites (tertiary alicyclic amines) is 1. The van der Waals surface area contributed by atoms with E-state index < -0.39 is 11.7 Å². The molecule has 0 aliphatic carbocycles. The van der Waals surface area contributed by atoms with E-state index in [0.29, 0.717) is 56.1 Å². The molecule has 226 valence electrons. The van der Waals surface area contributed by atoms with E-state index in [1.807, 2.05) is 11.9 Å². The maximum absolute atomic E-state index is 14.9. The summed E-state index contributed by atoms with van der Waals surface area (Å²) in [5.74, 6) is 0.259. The van der Waals surface area contributed by atoms with E-state index in [-0.39, 0.29) is 11.7 Å². The van der Waals surface area contributed by atoms with Crippen molar-refractivity contribution in [2.24, 2.45) is 0 Å². The van der Waals surface area contributed by atoms with Crippen molar-refractivity contribution in [3.63, 3.8) is 0 Å². The number of hydrogen-bond acceptors (Lipinski definition) is 10. The number of nitrogens with zero attached hydrogens (tertiary/aromatic N) is 6. The van der Waals surface area contributed by atoms with Gasteiger partial charge in [0.25, 0.3) is 5.91 Å². The topological polar surface area (TPSA) is 128 Å². The first-order valence-electron chi connectivity index (χ1n) is 13.7. The van der Waals surface area contributed by atoms with Gasteiger partial charge in [-0.3, -0.25) is 9.69 Å². The highest BCUT2D eigenvalue weighted by Gasteiger charge is 2.22. The van der Waals surface area contributed by atoms with E-state index in [1.54, 1.807) is 47.1 Å². The summed E-state index contributed by atoms with van der Waals surface area (Å²) in [6, 6.07) is 9.89. The van der Waals surface area contributed by atoms with Gasteiger partial charge in [0.1, 0.15) is 41.5 Å². The summed E-state index contributed by atoms with van der Waals surface area (Å²) in [6.45, 7) is 0.858. The van der Waals surface area contributed by atoms with Crippen LogP contribution in [0.3, 0.4) is 0 Å². The van der Waals surface area contributed by atoms with Crippen LogP contribution in [0.5, 0.6) is 23.0 Å². The fourth-order valence-corrected chi connectivity index (χ4v) is 5.22. The summed E-state index contributed by atoms with van der Waals surface area (Å²) in [4.78, 5) is 27.7. The molecule has 2 N–H and O–H groups in total. The highest BCUT2D eigenvalue weighted by Crippen LogP contribution is 2.41. The number of amides is 1. The summed E-state index contributed by atoms with van der Waals surface area (Å²) in [5.41, 5.74) is 1.89. The molecule has 1 amide bonds. The molecule has 1 saturated heterocycles. The highest BCUT2D eigenvalue weighted by molar-refractivity contribution is 6.32. The van der Waals surface area contributed by atoms with Crippen LogP contribution >= 0.6 is 11.6 Å². The van der Waals surface area contributed by atoms with Crippen molar-refractivity contribution < 1.29 is 23.4 Å². The molecule has 0 radical (unpaired) electrons. The van der Waals surface area contributed by atoms with Crippen molar-refractivity contribution in [2.45, 2.75) is 18.9 Å². The van der Waals surface area contributed by atoms with Gasteiger partial charge >= 0.3 is 0 Å². The van der Waals surface area contributed by atoms with Crippen LogP contribution in [0, 0.1) is 0 Å². The van der Waals surface area contributed by atoms with Crippen molar-refractivity contribution in [2.75, 3.05) is 38.4 Å². The van der Waals surface area contributed by atoms with E-state index in [4.69, 9.17) is 25.8 Å². The molecule has 14 heteroatoms. The lowest BCUT2D eigenvalue weighted by Gasteiger charge is -2.17. The Bertz CT molecular complexity index is 1900. The van der Waals surface area contributed by atoms with Gasteiger partial charge in [-0.05, 0) is 50.7 Å². The van der Waals surface area contributed by atoms with Gasteiger partial charge in [-0.25, -0.2) is 23.9 Å². The van der Waals surface area contributed by atoms with Crippen molar-refractivity contribution >= 4 is 51.3 Å². The largest absolute Gasteiger partial charge is 0.494 e. The first-order chi connectivity index (χ1) is 21.3. The van der Waals surface area contributed by atoms with E-state index in [0.717, 1.165) is 19.4 Å². The smallest absolute Gasteiger partial charge is 0.284 e. The van der Waals surface area contributed by atoms with Gasteiger partial charge in [-0.15, -0.1) is 0 Å². The Hall–Kier alpha value is -5.01. The third-order valence-corrected chi connectivity index (χ3v) is 7.62. The molecule has 4 heterocycles. The number of aromatic nitrogens is 5. The lowest BCUT2D eigenvalue weighted by atomic mass is 10.1. The van der Waals surface area contributed by atoms with Gasteiger partial charge in [0, 0.05) is 35.8 Å². The van der Waals surface area contributed by atoms with Crippen LogP contribution in [-0.4, -0.2) is 69.2 Å². The van der Waals surface area contributed by atoms with Gasteiger partial charge in [-0.1, -0.05) is 11.6 Å². The number of pyridine rings is 1. The van der Waals surface area contributed by atoms with Crippen LogP contribution in [0.15, 0.2) is 67.2 Å². The second-order valence-corrected chi connectivity index (χ2v) is 10.5. The molecule has 1 aliphatic rings. The number of rotatable bonds is 9. The molecule has 1 atom stereocenters. The van der Waals surface area contributed by atoms with Gasteiger partial charge < -0.3 is 24.8 Å². The second kappa shape index (κ2) is 12.3. The van der Waals surface area contributed by atoms with Gasteiger partial charge in [0.05, 0.1) is 36.1 Å². The van der Waals surface area contributed by atoms with E-state index in [9.17, 15) is 9.18 Å². The molecule has 6 rings (SSSR count). The number of nitrogens with one attached hydrogen (secondary N) is 2. The van der Waals surface area contributed by atoms with E-state index in [2.05, 4.69) is 30.7 Å². The van der Waals surface area contributed by atoms with Crippen molar-refractivity contribution in [3.05, 3.63) is 72.2 Å². The minimum absolute atomic E-state index is 0.125. The lowest BCUT2D eigenvalue weighted by molar-refractivity contribution is -0.114. The molecule has 5 aromatic rings. The molecule has 44 heavy (non-hydrogen) atoms. The molecule has 1 fully saturated rings. The van der Waals surface area contributed by atoms with Crippen molar-refractivity contribution in [1.29, 1.82) is 0 Å². The number of carbonyl (C=O) groups excluding carboxylic acids is 1. The molecule has 12 nitrogen and oxygen atoms in total. The van der Waals surface area contributed by atoms with E-state index >= 15 is 0 Å². The molecule has 2 aromatic carbocycles. The monoisotopic (exact) mass is 618 g/mol. The second-order valence-electron chi connectivity index (χ2n) is 10.1. The predicted octanol–water partition coefficient (Wildman–Crippen LogP) is 5.77. The first kappa shape index (κ1) is 29.1. The first-order valence-corrected chi connectivity index (χ1v) is 14.0. The van der Waals surface area contributed by atoms with Gasteiger partial charge in [-0.2, -0.15) is 5.10 Å². The zero-order valence-corrected chi connectivity index (χ0v) is 24.8. The maximum Gasteiger partial charge on any atom is 0.284 e. The highest BCUT2D eigenvalue weighted by atomic mass is 35.5. The number of hydrogen-bond donors (Lipinski definition) is 2. The Morgan fingerprint density at radius 3 is 2.64 bits per heavy atom. The van der Waals surface area contributed by atoms with Crippen LogP contribution in [0.25, 0.3) is 16.6 Å².